The summed E-state index contributed by atoms with van der Waals surface area (Å²) < 4.78 is 0. The summed E-state index contributed by atoms with van der Waals surface area (Å²) in [5, 5.41) is 10.7. The van der Waals surface area contributed by atoms with E-state index >= 15 is 0 Å². The number of aliphatic hydroxyl groups excluding tert-OH is 1. The molecular formula is C20H32O. The molecule has 0 saturated heterocycles. The summed E-state index contributed by atoms with van der Waals surface area (Å²) in [5.74, 6) is 1.88. The van der Waals surface area contributed by atoms with Crippen molar-refractivity contribution in [2.24, 2.45) is 28.6 Å². The lowest BCUT2D eigenvalue weighted by Gasteiger charge is -2.54. The van der Waals surface area contributed by atoms with Gasteiger partial charge in [0.2, 0.25) is 0 Å². The molecular weight excluding hydrogens is 256 g/mol. The van der Waals surface area contributed by atoms with Crippen molar-refractivity contribution in [2.45, 2.75) is 72.8 Å². The van der Waals surface area contributed by atoms with Crippen LogP contribution in [0.1, 0.15) is 66.7 Å². The van der Waals surface area contributed by atoms with Crippen molar-refractivity contribution in [3.8, 4) is 0 Å². The highest BCUT2D eigenvalue weighted by Crippen LogP contribution is 2.63. The minimum atomic E-state index is -0.234. The van der Waals surface area contributed by atoms with Gasteiger partial charge in [-0.05, 0) is 62.2 Å². The van der Waals surface area contributed by atoms with Gasteiger partial charge in [-0.2, -0.15) is 0 Å². The minimum Gasteiger partial charge on any atom is -0.388 e. The van der Waals surface area contributed by atoms with Crippen LogP contribution >= 0.6 is 0 Å². The molecule has 0 heterocycles. The van der Waals surface area contributed by atoms with Crippen LogP contribution in [-0.2, 0) is 0 Å². The number of rotatable bonds is 1. The smallest absolute Gasteiger partial charge is 0.0783 e. The van der Waals surface area contributed by atoms with Crippen LogP contribution in [0.15, 0.2) is 23.3 Å². The summed E-state index contributed by atoms with van der Waals surface area (Å²) in [6.07, 6.45) is 10.7. The molecule has 0 aliphatic heterocycles. The molecule has 1 fully saturated rings. The van der Waals surface area contributed by atoms with E-state index < -0.39 is 0 Å². The fraction of sp³-hybridized carbons (Fsp3) is 0.800. The van der Waals surface area contributed by atoms with Crippen LogP contribution < -0.4 is 0 Å². The molecule has 0 amide bonds. The second-order valence-corrected chi connectivity index (χ2v) is 8.80. The van der Waals surface area contributed by atoms with E-state index in [1.54, 1.807) is 11.1 Å². The highest BCUT2D eigenvalue weighted by Gasteiger charge is 2.57. The normalized spacial score (nSPS) is 46.5. The molecule has 1 nitrogen and oxygen atoms in total. The Hall–Kier alpha value is -0.560. The number of hydrogen-bond acceptors (Lipinski definition) is 1. The topological polar surface area (TPSA) is 20.2 Å². The number of fused-ring (bicyclic) bond motifs is 3. The van der Waals surface area contributed by atoms with Crippen molar-refractivity contribution in [3.63, 3.8) is 0 Å². The predicted molar refractivity (Wildman–Crippen MR) is 89.0 cm³/mol. The van der Waals surface area contributed by atoms with E-state index in [1.165, 1.54) is 32.1 Å². The Morgan fingerprint density at radius 3 is 2.62 bits per heavy atom. The van der Waals surface area contributed by atoms with Crippen molar-refractivity contribution in [1.82, 2.24) is 0 Å². The monoisotopic (exact) mass is 288 g/mol. The maximum Gasteiger partial charge on any atom is 0.0783 e. The molecule has 5 atom stereocenters. The van der Waals surface area contributed by atoms with E-state index in [1.807, 2.05) is 0 Å². The van der Waals surface area contributed by atoms with Crippen LogP contribution in [0.5, 0.6) is 0 Å². The maximum absolute atomic E-state index is 10.7. The molecule has 0 aromatic rings. The fourth-order valence-corrected chi connectivity index (χ4v) is 5.39. The van der Waals surface area contributed by atoms with Crippen molar-refractivity contribution in [2.75, 3.05) is 0 Å². The summed E-state index contributed by atoms with van der Waals surface area (Å²) in [4.78, 5) is 0. The Bertz CT molecular complexity index is 486. The molecule has 0 spiro atoms. The highest BCUT2D eigenvalue weighted by atomic mass is 16.3. The molecule has 3 aliphatic rings. The van der Waals surface area contributed by atoms with Crippen molar-refractivity contribution in [1.29, 1.82) is 0 Å². The van der Waals surface area contributed by atoms with Gasteiger partial charge in [0.05, 0.1) is 6.10 Å². The third-order valence-electron chi connectivity index (χ3n) is 7.06. The van der Waals surface area contributed by atoms with Gasteiger partial charge in [-0.15, -0.1) is 0 Å². The summed E-state index contributed by atoms with van der Waals surface area (Å²) in [6.45, 7) is 11.8. The standard InChI is InChI=1S/C20H32O/c1-13(2)15-12-17(21)20(5)11-10-19(4)9-8-14(3)6-7-16(19)18(15)20/h8,12-13,16-18,21H,6-7,9-11H2,1-5H3/t16-,17+,18-,19-,20-/m1/s1. The van der Waals surface area contributed by atoms with Gasteiger partial charge in [0.1, 0.15) is 0 Å². The minimum absolute atomic E-state index is 0.0853. The van der Waals surface area contributed by atoms with Gasteiger partial charge in [0.15, 0.2) is 0 Å². The van der Waals surface area contributed by atoms with E-state index in [0.29, 0.717) is 17.3 Å². The molecule has 0 aromatic carbocycles. The van der Waals surface area contributed by atoms with Crippen molar-refractivity contribution < 1.29 is 5.11 Å². The quantitative estimate of drug-likeness (QED) is 0.665. The van der Waals surface area contributed by atoms with Gasteiger partial charge in [-0.25, -0.2) is 0 Å². The zero-order chi connectivity index (χ0) is 15.4. The van der Waals surface area contributed by atoms with Gasteiger partial charge in [0, 0.05) is 5.41 Å². The molecule has 0 unspecified atom stereocenters. The SMILES string of the molecule is CC1=CC[C@]2(C)CC[C@@]3(C)[C@H](C(C(C)C)=C[C@@H]3O)[C@H]2CC1. The van der Waals surface area contributed by atoms with Gasteiger partial charge in [-0.1, -0.05) is 51.0 Å². The Balaban J connectivity index is 2.01. The van der Waals surface area contributed by atoms with Gasteiger partial charge < -0.3 is 5.11 Å². The lowest BCUT2D eigenvalue weighted by molar-refractivity contribution is -0.0619. The Morgan fingerprint density at radius 2 is 1.95 bits per heavy atom. The average molecular weight is 288 g/mol. The zero-order valence-corrected chi connectivity index (χ0v) is 14.4. The van der Waals surface area contributed by atoms with Crippen LogP contribution in [0, 0.1) is 28.6 Å². The summed E-state index contributed by atoms with van der Waals surface area (Å²) in [5.41, 5.74) is 3.63. The summed E-state index contributed by atoms with van der Waals surface area (Å²) in [7, 11) is 0. The first-order valence-corrected chi connectivity index (χ1v) is 8.83. The fourth-order valence-electron chi connectivity index (χ4n) is 5.39. The largest absolute Gasteiger partial charge is 0.388 e. The third kappa shape index (κ3) is 2.23. The molecule has 1 N–H and O–H groups in total. The van der Waals surface area contributed by atoms with Crippen LogP contribution in [0.25, 0.3) is 0 Å². The molecule has 1 saturated carbocycles. The second-order valence-electron chi connectivity index (χ2n) is 8.80. The maximum atomic E-state index is 10.7. The second kappa shape index (κ2) is 4.98. The Morgan fingerprint density at radius 1 is 1.24 bits per heavy atom. The number of hydrogen-bond donors (Lipinski definition) is 1. The average Bonchev–Trinajstić information content (AvgIpc) is 2.59. The van der Waals surface area contributed by atoms with Crippen LogP contribution in [0.4, 0.5) is 0 Å². The summed E-state index contributed by atoms with van der Waals surface area (Å²) in [6, 6.07) is 0. The zero-order valence-electron chi connectivity index (χ0n) is 14.4. The number of aliphatic hydroxyl groups is 1. The Labute approximate surface area is 130 Å². The number of allylic oxidation sites excluding steroid dienone is 3. The lowest BCUT2D eigenvalue weighted by Crippen LogP contribution is -2.49. The van der Waals surface area contributed by atoms with E-state index in [-0.39, 0.29) is 11.5 Å². The molecule has 0 aromatic heterocycles. The van der Waals surface area contributed by atoms with Crippen LogP contribution in [0.2, 0.25) is 0 Å². The van der Waals surface area contributed by atoms with E-state index in [2.05, 4.69) is 46.8 Å². The molecule has 3 aliphatic carbocycles. The van der Waals surface area contributed by atoms with Crippen LogP contribution in [0.3, 0.4) is 0 Å². The van der Waals surface area contributed by atoms with E-state index in [4.69, 9.17) is 0 Å². The molecule has 0 radical (unpaired) electrons. The predicted octanol–water partition coefficient (Wildman–Crippen LogP) is 5.11. The first-order chi connectivity index (χ1) is 9.78. The van der Waals surface area contributed by atoms with Crippen molar-refractivity contribution in [3.05, 3.63) is 23.3 Å². The lowest BCUT2D eigenvalue weighted by atomic mass is 9.51. The molecule has 21 heavy (non-hydrogen) atoms. The van der Waals surface area contributed by atoms with Crippen LogP contribution in [-0.4, -0.2) is 11.2 Å². The van der Waals surface area contributed by atoms with E-state index in [9.17, 15) is 5.11 Å². The third-order valence-corrected chi connectivity index (χ3v) is 7.06. The van der Waals surface area contributed by atoms with Gasteiger partial charge in [0.25, 0.3) is 0 Å². The first-order valence-electron chi connectivity index (χ1n) is 8.83. The summed E-state index contributed by atoms with van der Waals surface area (Å²) >= 11 is 0. The Kier molecular flexibility index (Phi) is 3.64. The first kappa shape index (κ1) is 15.3. The molecule has 3 rings (SSSR count). The van der Waals surface area contributed by atoms with Gasteiger partial charge in [-0.3, -0.25) is 0 Å². The van der Waals surface area contributed by atoms with E-state index in [0.717, 1.165) is 5.92 Å². The van der Waals surface area contributed by atoms with Gasteiger partial charge >= 0.3 is 0 Å². The van der Waals surface area contributed by atoms with Crippen molar-refractivity contribution >= 4 is 0 Å². The molecule has 0 bridgehead atoms. The molecule has 1 heteroatoms. The molecule has 118 valence electrons. The highest BCUT2D eigenvalue weighted by molar-refractivity contribution is 5.29.